The second-order valence-electron chi connectivity index (χ2n) is 6.33. The normalized spacial score (nSPS) is 10.5. The number of carbonyl (C=O) groups is 2. The molecular formula is C20H22N4O4S. The van der Waals surface area contributed by atoms with Crippen LogP contribution in [0.4, 0.5) is 5.69 Å². The fraction of sp³-hybridized carbons (Fsp3) is 0.250. The minimum absolute atomic E-state index is 0.287. The molecule has 0 saturated heterocycles. The standard InChI is InChI=1S/C20H22N4O4S/c1-12-15(10-24(2)23-12)20(26)22-16-7-14(8-17(27-3)18(16)28-4)19(25)21-9-13-5-6-29-11-13/h5-8,10-11H,9H2,1-4H3,(H,21,25)(H,22,26). The number of nitrogens with one attached hydrogen (secondary N) is 2. The average molecular weight is 414 g/mol. The summed E-state index contributed by atoms with van der Waals surface area (Å²) in [5.41, 5.74) is 2.72. The van der Waals surface area contributed by atoms with E-state index in [1.54, 1.807) is 48.3 Å². The van der Waals surface area contributed by atoms with Crippen molar-refractivity contribution in [2.45, 2.75) is 13.5 Å². The van der Waals surface area contributed by atoms with E-state index in [-0.39, 0.29) is 11.8 Å². The fourth-order valence-corrected chi connectivity index (χ4v) is 3.55. The number of hydrogen-bond donors (Lipinski definition) is 2. The van der Waals surface area contributed by atoms with Gasteiger partial charge in [-0.3, -0.25) is 14.3 Å². The van der Waals surface area contributed by atoms with E-state index in [1.807, 2.05) is 16.8 Å². The van der Waals surface area contributed by atoms with Crippen LogP contribution < -0.4 is 20.1 Å². The molecule has 0 radical (unpaired) electrons. The molecule has 0 aliphatic carbocycles. The van der Waals surface area contributed by atoms with Gasteiger partial charge in [0.25, 0.3) is 11.8 Å². The number of hydrogen-bond acceptors (Lipinski definition) is 6. The van der Waals surface area contributed by atoms with Gasteiger partial charge in [-0.05, 0) is 41.4 Å². The molecule has 0 fully saturated rings. The lowest BCUT2D eigenvalue weighted by Gasteiger charge is -2.15. The van der Waals surface area contributed by atoms with E-state index in [1.165, 1.54) is 14.2 Å². The second kappa shape index (κ2) is 8.78. The molecule has 2 heterocycles. The van der Waals surface area contributed by atoms with Gasteiger partial charge in [0.05, 0.1) is 31.2 Å². The summed E-state index contributed by atoms with van der Waals surface area (Å²) in [7, 11) is 4.69. The Bertz CT molecular complexity index is 1030. The van der Waals surface area contributed by atoms with Crippen molar-refractivity contribution in [3.8, 4) is 11.5 Å². The first-order valence-corrected chi connectivity index (χ1v) is 9.74. The number of carbonyl (C=O) groups excluding carboxylic acids is 2. The second-order valence-corrected chi connectivity index (χ2v) is 7.11. The smallest absolute Gasteiger partial charge is 0.259 e. The lowest BCUT2D eigenvalue weighted by atomic mass is 10.1. The number of nitrogens with zero attached hydrogens (tertiary/aromatic N) is 2. The molecule has 3 rings (SSSR count). The zero-order valence-corrected chi connectivity index (χ0v) is 17.4. The largest absolute Gasteiger partial charge is 0.493 e. The molecule has 9 heteroatoms. The minimum Gasteiger partial charge on any atom is -0.493 e. The number of methoxy groups -OCH3 is 2. The van der Waals surface area contributed by atoms with Crippen LogP contribution in [0.15, 0.2) is 35.2 Å². The predicted octanol–water partition coefficient (Wildman–Crippen LogP) is 2.99. The molecular weight excluding hydrogens is 392 g/mol. The van der Waals surface area contributed by atoms with E-state index < -0.39 is 0 Å². The topological polar surface area (TPSA) is 94.5 Å². The third kappa shape index (κ3) is 4.57. The molecule has 0 saturated carbocycles. The Hall–Kier alpha value is -3.33. The molecule has 2 aromatic heterocycles. The maximum absolute atomic E-state index is 12.7. The number of amides is 2. The molecule has 0 spiro atoms. The van der Waals surface area contributed by atoms with Crippen molar-refractivity contribution in [3.63, 3.8) is 0 Å². The van der Waals surface area contributed by atoms with Crippen LogP contribution in [0.1, 0.15) is 32.0 Å². The van der Waals surface area contributed by atoms with Gasteiger partial charge in [-0.25, -0.2) is 0 Å². The van der Waals surface area contributed by atoms with Gasteiger partial charge in [-0.2, -0.15) is 16.4 Å². The van der Waals surface area contributed by atoms with Crippen molar-refractivity contribution in [2.24, 2.45) is 7.05 Å². The van der Waals surface area contributed by atoms with Crippen molar-refractivity contribution in [1.82, 2.24) is 15.1 Å². The zero-order valence-electron chi connectivity index (χ0n) is 16.6. The number of aromatic nitrogens is 2. The summed E-state index contributed by atoms with van der Waals surface area (Å²) in [6, 6.07) is 5.09. The van der Waals surface area contributed by atoms with E-state index in [9.17, 15) is 9.59 Å². The van der Waals surface area contributed by atoms with Crippen molar-refractivity contribution in [1.29, 1.82) is 0 Å². The lowest BCUT2D eigenvalue weighted by molar-refractivity contribution is 0.0949. The Morgan fingerprint density at radius 2 is 2.00 bits per heavy atom. The van der Waals surface area contributed by atoms with Crippen molar-refractivity contribution in [3.05, 3.63) is 57.5 Å². The molecule has 0 aliphatic heterocycles. The molecule has 29 heavy (non-hydrogen) atoms. The van der Waals surface area contributed by atoms with Crippen molar-refractivity contribution in [2.75, 3.05) is 19.5 Å². The summed E-state index contributed by atoms with van der Waals surface area (Å²) in [6.07, 6.45) is 1.63. The maximum atomic E-state index is 12.7. The summed E-state index contributed by atoms with van der Waals surface area (Å²) < 4.78 is 12.3. The number of thiophene rings is 1. The first-order chi connectivity index (χ1) is 13.9. The number of anilines is 1. The molecule has 0 atom stereocenters. The highest BCUT2D eigenvalue weighted by Gasteiger charge is 2.20. The van der Waals surface area contributed by atoms with E-state index in [2.05, 4.69) is 15.7 Å². The summed E-state index contributed by atoms with van der Waals surface area (Å²) in [6.45, 7) is 2.16. The van der Waals surface area contributed by atoms with Gasteiger partial charge < -0.3 is 20.1 Å². The highest BCUT2D eigenvalue weighted by atomic mass is 32.1. The summed E-state index contributed by atoms with van der Waals surface area (Å²) in [5.74, 6) is 0.0302. The first kappa shape index (κ1) is 20.4. The van der Waals surface area contributed by atoms with Crippen LogP contribution in [0.5, 0.6) is 11.5 Å². The molecule has 0 unspecified atom stereocenters. The monoisotopic (exact) mass is 414 g/mol. The number of aryl methyl sites for hydroxylation is 2. The van der Waals surface area contributed by atoms with Gasteiger partial charge in [-0.1, -0.05) is 0 Å². The Balaban J connectivity index is 1.88. The highest BCUT2D eigenvalue weighted by molar-refractivity contribution is 7.07. The highest BCUT2D eigenvalue weighted by Crippen LogP contribution is 2.37. The third-order valence-electron chi connectivity index (χ3n) is 4.28. The Labute approximate surface area is 172 Å². The molecule has 3 aromatic rings. The van der Waals surface area contributed by atoms with Gasteiger partial charge >= 0.3 is 0 Å². The van der Waals surface area contributed by atoms with Crippen LogP contribution in [0.2, 0.25) is 0 Å². The number of ether oxygens (including phenoxy) is 2. The molecule has 8 nitrogen and oxygen atoms in total. The van der Waals surface area contributed by atoms with Crippen LogP contribution in [0.3, 0.4) is 0 Å². The number of benzene rings is 1. The molecule has 2 N–H and O–H groups in total. The minimum atomic E-state index is -0.355. The van der Waals surface area contributed by atoms with E-state index >= 15 is 0 Å². The number of rotatable bonds is 7. The molecule has 0 bridgehead atoms. The summed E-state index contributed by atoms with van der Waals surface area (Å²) in [4.78, 5) is 25.4. The van der Waals surface area contributed by atoms with Crippen LogP contribution >= 0.6 is 11.3 Å². The fourth-order valence-electron chi connectivity index (χ4n) is 2.88. The van der Waals surface area contributed by atoms with Gasteiger partial charge in [0.15, 0.2) is 11.5 Å². The molecule has 2 amide bonds. The molecule has 152 valence electrons. The quantitative estimate of drug-likeness (QED) is 0.620. The summed E-state index contributed by atoms with van der Waals surface area (Å²) in [5, 5.41) is 13.8. The van der Waals surface area contributed by atoms with Crippen molar-refractivity contribution < 1.29 is 19.1 Å². The Morgan fingerprint density at radius 3 is 2.59 bits per heavy atom. The van der Waals surface area contributed by atoms with Crippen LogP contribution in [-0.2, 0) is 13.6 Å². The predicted molar refractivity (Wildman–Crippen MR) is 111 cm³/mol. The van der Waals surface area contributed by atoms with Crippen LogP contribution in [0, 0.1) is 6.92 Å². The first-order valence-electron chi connectivity index (χ1n) is 8.79. The SMILES string of the molecule is COc1cc(C(=O)NCc2ccsc2)cc(NC(=O)c2cn(C)nc2C)c1OC. The van der Waals surface area contributed by atoms with Gasteiger partial charge in [-0.15, -0.1) is 0 Å². The average Bonchev–Trinajstić information content (AvgIpc) is 3.34. The summed E-state index contributed by atoms with van der Waals surface area (Å²) >= 11 is 1.57. The molecule has 1 aromatic carbocycles. The van der Waals surface area contributed by atoms with E-state index in [0.29, 0.717) is 40.6 Å². The third-order valence-corrected chi connectivity index (χ3v) is 5.01. The maximum Gasteiger partial charge on any atom is 0.259 e. The van der Waals surface area contributed by atoms with E-state index in [4.69, 9.17) is 9.47 Å². The van der Waals surface area contributed by atoms with Gasteiger partial charge in [0.1, 0.15) is 0 Å². The Kier molecular flexibility index (Phi) is 6.18. The van der Waals surface area contributed by atoms with E-state index in [0.717, 1.165) is 5.56 Å². The van der Waals surface area contributed by atoms with Gasteiger partial charge in [0.2, 0.25) is 0 Å². The Morgan fingerprint density at radius 1 is 1.21 bits per heavy atom. The van der Waals surface area contributed by atoms with Crippen molar-refractivity contribution >= 4 is 28.8 Å². The molecule has 0 aliphatic rings. The van der Waals surface area contributed by atoms with Crippen LogP contribution in [-0.4, -0.2) is 35.8 Å². The lowest BCUT2D eigenvalue weighted by Crippen LogP contribution is -2.23. The van der Waals surface area contributed by atoms with Crippen LogP contribution in [0.25, 0.3) is 0 Å². The van der Waals surface area contributed by atoms with Gasteiger partial charge in [0, 0.05) is 25.4 Å². The zero-order chi connectivity index (χ0) is 21.0.